The van der Waals surface area contributed by atoms with E-state index in [9.17, 15) is 13.5 Å². The fourth-order valence-electron chi connectivity index (χ4n) is 2.96. The van der Waals surface area contributed by atoms with Gasteiger partial charge in [0.15, 0.2) is 35.9 Å². The number of hydrogen-bond donors (Lipinski definition) is 1. The van der Waals surface area contributed by atoms with Gasteiger partial charge >= 0.3 is 0 Å². The molecular formula is C20H34O7SSi. The standard InChI is InChI=1S/C20H34O7SSi/c1-20(2,3)29(6,7)26-10-11-28(22,23)17-13-14(15-8-9-18(21)27-15)12-16(24-4)19(17)25-5/h12-13,15,18,21H,8-11H2,1-7H3. The molecule has 1 N–H and O–H groups in total. The lowest BCUT2D eigenvalue weighted by Gasteiger charge is -2.36. The molecule has 1 aromatic rings. The number of methoxy groups -OCH3 is 2. The molecule has 1 aliphatic heterocycles. The van der Waals surface area contributed by atoms with Gasteiger partial charge in [-0.05, 0) is 42.2 Å². The quantitative estimate of drug-likeness (QED) is 0.609. The van der Waals surface area contributed by atoms with Crippen molar-refractivity contribution in [2.75, 3.05) is 26.6 Å². The molecule has 1 aliphatic rings. The summed E-state index contributed by atoms with van der Waals surface area (Å²) < 4.78 is 48.6. The zero-order valence-electron chi connectivity index (χ0n) is 18.4. The summed E-state index contributed by atoms with van der Waals surface area (Å²) in [5.74, 6) is 0.331. The Balaban J connectivity index is 2.32. The average Bonchev–Trinajstić information content (AvgIpc) is 3.05. The number of aliphatic hydroxyl groups excluding tert-OH is 1. The first-order valence-corrected chi connectivity index (χ1v) is 14.3. The Morgan fingerprint density at radius 3 is 2.31 bits per heavy atom. The van der Waals surface area contributed by atoms with Crippen LogP contribution in [0.3, 0.4) is 0 Å². The minimum absolute atomic E-state index is 0.00175. The second-order valence-electron chi connectivity index (χ2n) is 8.84. The van der Waals surface area contributed by atoms with Crippen LogP contribution in [-0.2, 0) is 19.0 Å². The first-order chi connectivity index (χ1) is 13.3. The minimum Gasteiger partial charge on any atom is -0.493 e. The molecule has 0 aromatic heterocycles. The van der Waals surface area contributed by atoms with Crippen LogP contribution in [0.15, 0.2) is 17.0 Å². The van der Waals surface area contributed by atoms with Gasteiger partial charge in [-0.25, -0.2) is 8.42 Å². The molecule has 0 amide bonds. The first-order valence-electron chi connectivity index (χ1n) is 9.78. The molecule has 29 heavy (non-hydrogen) atoms. The molecule has 1 saturated heterocycles. The summed E-state index contributed by atoms with van der Waals surface area (Å²) in [6.45, 7) is 10.6. The number of benzene rings is 1. The monoisotopic (exact) mass is 446 g/mol. The van der Waals surface area contributed by atoms with Crippen LogP contribution in [0.2, 0.25) is 18.1 Å². The number of sulfone groups is 1. The van der Waals surface area contributed by atoms with Gasteiger partial charge in [-0.1, -0.05) is 20.8 Å². The lowest BCUT2D eigenvalue weighted by atomic mass is 10.1. The van der Waals surface area contributed by atoms with Crippen LogP contribution in [0, 0.1) is 0 Å². The Morgan fingerprint density at radius 2 is 1.83 bits per heavy atom. The molecule has 1 heterocycles. The van der Waals surface area contributed by atoms with Crippen LogP contribution in [0.5, 0.6) is 11.5 Å². The van der Waals surface area contributed by atoms with E-state index in [2.05, 4.69) is 33.9 Å². The Hall–Kier alpha value is -1.13. The Bertz CT molecular complexity index is 815. The number of ether oxygens (including phenoxy) is 3. The third-order valence-electron chi connectivity index (χ3n) is 5.79. The van der Waals surface area contributed by atoms with Crippen molar-refractivity contribution in [2.45, 2.75) is 69.0 Å². The normalized spacial score (nSPS) is 20.7. The van der Waals surface area contributed by atoms with Crippen molar-refractivity contribution in [1.29, 1.82) is 0 Å². The highest BCUT2D eigenvalue weighted by Crippen LogP contribution is 2.41. The average molecular weight is 447 g/mol. The number of rotatable bonds is 8. The lowest BCUT2D eigenvalue weighted by Crippen LogP contribution is -2.41. The molecular weight excluding hydrogens is 412 g/mol. The molecule has 0 saturated carbocycles. The summed E-state index contributed by atoms with van der Waals surface area (Å²) in [5.41, 5.74) is 0.642. The zero-order valence-corrected chi connectivity index (χ0v) is 20.3. The lowest BCUT2D eigenvalue weighted by molar-refractivity contribution is -0.0914. The van der Waals surface area contributed by atoms with Crippen molar-refractivity contribution >= 4 is 18.2 Å². The van der Waals surface area contributed by atoms with Crippen molar-refractivity contribution in [3.05, 3.63) is 17.7 Å². The number of aliphatic hydroxyl groups is 1. The maximum atomic E-state index is 13.2. The van der Waals surface area contributed by atoms with Crippen molar-refractivity contribution in [2.24, 2.45) is 0 Å². The van der Waals surface area contributed by atoms with Crippen LogP contribution < -0.4 is 9.47 Å². The van der Waals surface area contributed by atoms with E-state index >= 15 is 0 Å². The highest BCUT2D eigenvalue weighted by Gasteiger charge is 2.37. The predicted molar refractivity (Wildman–Crippen MR) is 114 cm³/mol. The number of hydrogen-bond acceptors (Lipinski definition) is 7. The largest absolute Gasteiger partial charge is 0.493 e. The van der Waals surface area contributed by atoms with Crippen LogP contribution >= 0.6 is 0 Å². The van der Waals surface area contributed by atoms with Gasteiger partial charge in [0.1, 0.15) is 4.90 Å². The molecule has 7 nitrogen and oxygen atoms in total. The molecule has 1 aromatic carbocycles. The predicted octanol–water partition coefficient (Wildman–Crippen LogP) is 3.67. The zero-order chi connectivity index (χ0) is 22.0. The van der Waals surface area contributed by atoms with Gasteiger partial charge in [0.25, 0.3) is 0 Å². The Morgan fingerprint density at radius 1 is 1.17 bits per heavy atom. The summed E-state index contributed by atoms with van der Waals surface area (Å²) in [5, 5.41) is 9.66. The second kappa shape index (κ2) is 8.93. The third-order valence-corrected chi connectivity index (χ3v) is 12.0. The molecule has 166 valence electrons. The SMILES string of the molecule is COc1cc(C2CCC(O)O2)cc(S(=O)(=O)CCO[Si](C)(C)C(C)(C)C)c1OC. The molecule has 2 unspecified atom stereocenters. The Kier molecular flexibility index (Phi) is 7.43. The highest BCUT2D eigenvalue weighted by molar-refractivity contribution is 7.91. The van der Waals surface area contributed by atoms with Gasteiger partial charge in [0.2, 0.25) is 0 Å². The van der Waals surface area contributed by atoms with Crippen molar-refractivity contribution < 1.29 is 32.2 Å². The van der Waals surface area contributed by atoms with Gasteiger partial charge in [-0.15, -0.1) is 0 Å². The van der Waals surface area contributed by atoms with Gasteiger partial charge in [-0.2, -0.15) is 0 Å². The fraction of sp³-hybridized carbons (Fsp3) is 0.700. The van der Waals surface area contributed by atoms with E-state index in [4.69, 9.17) is 18.6 Å². The summed E-state index contributed by atoms with van der Waals surface area (Å²) in [6, 6.07) is 3.26. The van der Waals surface area contributed by atoms with Gasteiger partial charge in [-0.3, -0.25) is 0 Å². The van der Waals surface area contributed by atoms with Crippen molar-refractivity contribution in [3.63, 3.8) is 0 Å². The summed E-state index contributed by atoms with van der Waals surface area (Å²) in [6.07, 6.45) is -0.125. The van der Waals surface area contributed by atoms with Crippen LogP contribution in [0.1, 0.15) is 45.3 Å². The van der Waals surface area contributed by atoms with Crippen LogP contribution in [0.25, 0.3) is 0 Å². The van der Waals surface area contributed by atoms with E-state index in [-0.39, 0.29) is 34.1 Å². The van der Waals surface area contributed by atoms with Crippen molar-refractivity contribution in [1.82, 2.24) is 0 Å². The van der Waals surface area contributed by atoms with Crippen molar-refractivity contribution in [3.8, 4) is 11.5 Å². The molecule has 0 radical (unpaired) electrons. The molecule has 0 aliphatic carbocycles. The van der Waals surface area contributed by atoms with E-state index in [1.165, 1.54) is 14.2 Å². The summed E-state index contributed by atoms with van der Waals surface area (Å²) >= 11 is 0. The molecule has 9 heteroatoms. The topological polar surface area (TPSA) is 91.3 Å². The van der Waals surface area contributed by atoms with E-state index < -0.39 is 24.4 Å². The minimum atomic E-state index is -3.69. The molecule has 0 bridgehead atoms. The van der Waals surface area contributed by atoms with Gasteiger partial charge in [0, 0.05) is 13.0 Å². The van der Waals surface area contributed by atoms with Gasteiger partial charge in [0.05, 0.1) is 26.1 Å². The Labute approximate surface area is 175 Å². The second-order valence-corrected chi connectivity index (χ2v) is 15.7. The maximum absolute atomic E-state index is 13.2. The molecule has 0 spiro atoms. The first kappa shape index (κ1) is 24.1. The summed E-state index contributed by atoms with van der Waals surface area (Å²) in [7, 11) is -2.87. The molecule has 2 atom stereocenters. The molecule has 2 rings (SSSR count). The van der Waals surface area contributed by atoms with Gasteiger partial charge < -0.3 is 23.7 Å². The van der Waals surface area contributed by atoms with E-state index in [1.54, 1.807) is 12.1 Å². The molecule has 1 fully saturated rings. The maximum Gasteiger partial charge on any atom is 0.192 e. The highest BCUT2D eigenvalue weighted by atomic mass is 32.2. The van der Waals surface area contributed by atoms with E-state index in [1.807, 2.05) is 0 Å². The van der Waals surface area contributed by atoms with E-state index in [0.717, 1.165) is 0 Å². The fourth-order valence-corrected chi connectivity index (χ4v) is 5.46. The summed E-state index contributed by atoms with van der Waals surface area (Å²) in [4.78, 5) is 0.0539. The third kappa shape index (κ3) is 5.52. The smallest absolute Gasteiger partial charge is 0.192 e. The van der Waals surface area contributed by atoms with Crippen LogP contribution in [-0.4, -0.2) is 54.7 Å². The van der Waals surface area contributed by atoms with E-state index in [0.29, 0.717) is 24.2 Å². The van der Waals surface area contributed by atoms with Crippen LogP contribution in [0.4, 0.5) is 0 Å².